The zero-order chi connectivity index (χ0) is 42.1. The van der Waals surface area contributed by atoms with Crippen LogP contribution in [-0.4, -0.2) is 113 Å². The fraction of sp³-hybridized carbons (Fsp3) is 0.409. The summed E-state index contributed by atoms with van der Waals surface area (Å²) in [6.07, 6.45) is 18.8. The van der Waals surface area contributed by atoms with E-state index in [1.807, 2.05) is 34.1 Å². The van der Waals surface area contributed by atoms with Gasteiger partial charge in [0.05, 0.1) is 52.9 Å². The lowest BCUT2D eigenvalue weighted by atomic mass is 9.96. The van der Waals surface area contributed by atoms with E-state index < -0.39 is 11.6 Å². The number of rotatable bonds is 9. The van der Waals surface area contributed by atoms with Crippen LogP contribution in [0, 0.1) is 23.5 Å². The van der Waals surface area contributed by atoms with Gasteiger partial charge in [-0.15, -0.1) is 0 Å². The van der Waals surface area contributed by atoms with E-state index in [0.717, 1.165) is 105 Å². The lowest BCUT2D eigenvalue weighted by molar-refractivity contribution is -0.133. The Morgan fingerprint density at radius 1 is 0.639 bits per heavy atom. The highest BCUT2D eigenvalue weighted by Crippen LogP contribution is 2.33. The van der Waals surface area contributed by atoms with Crippen molar-refractivity contribution >= 4 is 51.4 Å². The Labute approximate surface area is 357 Å². The van der Waals surface area contributed by atoms with Crippen LogP contribution in [0.2, 0.25) is 5.28 Å². The maximum atomic E-state index is 13.1. The van der Waals surface area contributed by atoms with Crippen LogP contribution in [0.15, 0.2) is 86.0 Å². The summed E-state index contributed by atoms with van der Waals surface area (Å²) in [5, 5.41) is 3.45. The molecule has 0 spiro atoms. The second-order valence-corrected chi connectivity index (χ2v) is 16.1. The van der Waals surface area contributed by atoms with E-state index in [1.165, 1.54) is 23.5 Å². The Bertz CT molecular complexity index is 2400. The van der Waals surface area contributed by atoms with Crippen LogP contribution in [0.3, 0.4) is 0 Å². The number of amides is 2. The molecule has 0 radical (unpaired) electrons. The van der Waals surface area contributed by atoms with Gasteiger partial charge in [-0.2, -0.15) is 0 Å². The van der Waals surface area contributed by atoms with Crippen molar-refractivity contribution in [2.75, 3.05) is 44.2 Å². The minimum atomic E-state index is -0.477. The van der Waals surface area contributed by atoms with Crippen LogP contribution < -0.4 is 10.2 Å². The first kappa shape index (κ1) is 41.8. The molecule has 0 unspecified atom stereocenters. The predicted octanol–water partition coefficient (Wildman–Crippen LogP) is 5.66. The van der Waals surface area contributed by atoms with Crippen LogP contribution in [0.1, 0.15) is 49.7 Å². The molecule has 17 heteroatoms. The van der Waals surface area contributed by atoms with Gasteiger partial charge >= 0.3 is 0 Å². The number of carbonyl (C=O) groups excluding carboxylic acids is 2. The van der Waals surface area contributed by atoms with Crippen molar-refractivity contribution in [3.63, 3.8) is 0 Å². The summed E-state index contributed by atoms with van der Waals surface area (Å²) in [5.74, 6) is 0.516. The summed E-state index contributed by atoms with van der Waals surface area (Å²) >= 11 is 5.22. The van der Waals surface area contributed by atoms with Gasteiger partial charge in [0.15, 0.2) is 11.6 Å². The van der Waals surface area contributed by atoms with Crippen molar-refractivity contribution in [3.8, 4) is 0 Å². The molecule has 14 nitrogen and oxygen atoms in total. The van der Waals surface area contributed by atoms with Gasteiger partial charge in [0.25, 0.3) is 0 Å². The molecule has 1 N–H and O–H groups in total. The summed E-state index contributed by atoms with van der Waals surface area (Å²) < 4.78 is 25.0. The number of aromatic nitrogens is 8. The predicted molar refractivity (Wildman–Crippen MR) is 226 cm³/mol. The first-order valence-electron chi connectivity index (χ1n) is 20.8. The number of aryl methyl sites for hydroxylation is 2. The molecule has 4 saturated heterocycles. The average Bonchev–Trinajstić information content (AvgIpc) is 3.79. The van der Waals surface area contributed by atoms with Gasteiger partial charge in [-0.05, 0) is 86.2 Å². The van der Waals surface area contributed by atoms with Crippen LogP contribution in [0.5, 0.6) is 0 Å². The molecule has 4 fully saturated rings. The molecule has 61 heavy (non-hydrogen) atoms. The number of halogens is 3. The quantitative estimate of drug-likeness (QED) is 0.178. The number of nitrogens with one attached hydrogen (secondary N) is 1. The summed E-state index contributed by atoms with van der Waals surface area (Å²) in [5.41, 5.74) is 6.22. The molecule has 4 aromatic heterocycles. The number of benzene rings is 2. The third-order valence-electron chi connectivity index (χ3n) is 11.9. The van der Waals surface area contributed by atoms with Crippen molar-refractivity contribution in [1.29, 1.82) is 0 Å². The molecule has 4 aliphatic heterocycles. The van der Waals surface area contributed by atoms with E-state index >= 15 is 0 Å². The van der Waals surface area contributed by atoms with E-state index in [4.69, 9.17) is 11.6 Å². The number of fused-ring (bicyclic) bond motifs is 4. The molecule has 6 aromatic rings. The summed E-state index contributed by atoms with van der Waals surface area (Å²) in [7, 11) is 0. The summed E-state index contributed by atoms with van der Waals surface area (Å²) in [4.78, 5) is 64.0. The molecule has 316 valence electrons. The molecule has 0 aliphatic carbocycles. The van der Waals surface area contributed by atoms with Crippen molar-refractivity contribution < 1.29 is 18.4 Å². The second-order valence-electron chi connectivity index (χ2n) is 15.7. The zero-order valence-corrected chi connectivity index (χ0v) is 34.4. The molecule has 8 heterocycles. The lowest BCUT2D eigenvalue weighted by Crippen LogP contribution is -2.52. The molecule has 2 aromatic carbocycles. The van der Waals surface area contributed by atoms with Gasteiger partial charge in [-0.25, -0.2) is 28.7 Å². The fourth-order valence-corrected chi connectivity index (χ4v) is 9.05. The van der Waals surface area contributed by atoms with E-state index in [2.05, 4.69) is 62.2 Å². The van der Waals surface area contributed by atoms with Crippen LogP contribution in [0.25, 0.3) is 22.1 Å². The SMILES string of the molecule is Fc1cnc(Cl)nc1.O=C1[C@@H](CCCc2cccc3nccnc23)C[C@H]2CN(c3ncc(F)cn3)CCN12.O=C1[C@@H](CCCc2cccc3nccnc23)C[C@H]2CNCCN12. The number of para-hydroxylation sites is 2. The van der Waals surface area contributed by atoms with Gasteiger partial charge in [-0.1, -0.05) is 24.3 Å². The van der Waals surface area contributed by atoms with Crippen molar-refractivity contribution in [2.24, 2.45) is 11.8 Å². The van der Waals surface area contributed by atoms with Crippen molar-refractivity contribution in [3.05, 3.63) is 114 Å². The number of hydrogen-bond donors (Lipinski definition) is 1. The number of nitrogens with zero attached hydrogens (tertiary/aromatic N) is 11. The minimum Gasteiger partial charge on any atom is -0.337 e. The van der Waals surface area contributed by atoms with E-state index in [1.54, 1.807) is 24.8 Å². The van der Waals surface area contributed by atoms with Gasteiger partial charge in [0, 0.05) is 81.9 Å². The number of hydrogen-bond acceptors (Lipinski definition) is 12. The molecular formula is C44H47ClF2N12O2. The molecule has 2 amide bonds. The van der Waals surface area contributed by atoms with Crippen LogP contribution >= 0.6 is 11.6 Å². The first-order valence-corrected chi connectivity index (χ1v) is 21.2. The number of piperazine rings is 2. The standard InChI is InChI=1S/C22H23FN6O.C18H22N4O.C4H2ClFN2/c23-17-12-26-22(27-13-17)28-9-10-29-18(14-28)11-16(21(29)30)5-1-3-15-4-2-6-19-20(15)25-8-7-24-19;23-18-14(11-15-12-19-9-10-22(15)18)5-1-3-13-4-2-6-16-17(13)21-8-7-20-16;5-4-7-1-3(6)2-8-4/h2,4,6-8,12-13,16,18H,1,3,5,9-11,14H2;2,4,6-8,14-15,19H,1,3,5,9-12H2;1-2H/t16-,18-;14-,15-;/m00./s1. The Morgan fingerprint density at radius 3 is 1.72 bits per heavy atom. The first-order chi connectivity index (χ1) is 29.8. The van der Waals surface area contributed by atoms with E-state index in [0.29, 0.717) is 37.5 Å². The average molecular weight is 849 g/mol. The highest BCUT2D eigenvalue weighted by atomic mass is 35.5. The lowest BCUT2D eigenvalue weighted by Gasteiger charge is -2.37. The maximum Gasteiger partial charge on any atom is 0.226 e. The van der Waals surface area contributed by atoms with E-state index in [-0.39, 0.29) is 29.1 Å². The summed E-state index contributed by atoms with van der Waals surface area (Å²) in [6, 6.07) is 12.8. The second kappa shape index (κ2) is 19.7. The fourth-order valence-electron chi connectivity index (χ4n) is 8.95. The zero-order valence-electron chi connectivity index (χ0n) is 33.7. The third-order valence-corrected chi connectivity index (χ3v) is 12.0. The Kier molecular flexibility index (Phi) is 13.5. The Hall–Kier alpha value is -5.87. The third kappa shape index (κ3) is 10.2. The Balaban J connectivity index is 0.000000146. The monoisotopic (exact) mass is 848 g/mol. The molecular weight excluding hydrogens is 802 g/mol. The van der Waals surface area contributed by atoms with Crippen LogP contribution in [0.4, 0.5) is 14.7 Å². The molecule has 10 rings (SSSR count). The van der Waals surface area contributed by atoms with Crippen molar-refractivity contribution in [2.45, 2.75) is 63.5 Å². The van der Waals surface area contributed by atoms with Crippen molar-refractivity contribution in [1.82, 2.24) is 55.0 Å². The van der Waals surface area contributed by atoms with Gasteiger partial charge in [0.1, 0.15) is 0 Å². The molecule has 4 atom stereocenters. The highest BCUT2D eigenvalue weighted by Gasteiger charge is 2.42. The number of carbonyl (C=O) groups is 2. The Morgan fingerprint density at radius 2 is 1.16 bits per heavy atom. The topological polar surface area (TPSA) is 159 Å². The minimum absolute atomic E-state index is 0.0603. The van der Waals surface area contributed by atoms with Gasteiger partial charge in [-0.3, -0.25) is 29.5 Å². The van der Waals surface area contributed by atoms with Crippen LogP contribution in [-0.2, 0) is 22.4 Å². The van der Waals surface area contributed by atoms with Gasteiger partial charge < -0.3 is 20.0 Å². The normalized spacial score (nSPS) is 20.8. The summed E-state index contributed by atoms with van der Waals surface area (Å²) in [6.45, 7) is 4.81. The highest BCUT2D eigenvalue weighted by molar-refractivity contribution is 6.28. The number of anilines is 1. The molecule has 0 saturated carbocycles. The molecule has 4 aliphatic rings. The molecule has 0 bridgehead atoms. The van der Waals surface area contributed by atoms with E-state index in [9.17, 15) is 18.4 Å². The smallest absolute Gasteiger partial charge is 0.226 e. The van der Waals surface area contributed by atoms with Gasteiger partial charge in [0.2, 0.25) is 23.0 Å². The largest absolute Gasteiger partial charge is 0.337 e. The maximum absolute atomic E-state index is 13.1.